The van der Waals surface area contributed by atoms with Gasteiger partial charge in [0.15, 0.2) is 0 Å². The molecule has 0 aromatic rings. The fraction of sp³-hybridized carbons (Fsp3) is 1.00. The lowest BCUT2D eigenvalue weighted by Crippen LogP contribution is -2.22. The zero-order valence-electron chi connectivity index (χ0n) is 7.35. The predicted molar refractivity (Wildman–Crippen MR) is 57.8 cm³/mol. The number of halogens is 1. The van der Waals surface area contributed by atoms with Crippen molar-refractivity contribution in [2.45, 2.75) is 39.0 Å². The summed E-state index contributed by atoms with van der Waals surface area (Å²) in [6.45, 7) is 4.74. The Morgan fingerprint density at radius 3 is 2.45 bits per heavy atom. The fourth-order valence-electron chi connectivity index (χ4n) is 1.78. The van der Waals surface area contributed by atoms with E-state index in [1.165, 1.54) is 45.2 Å². The Hall–Kier alpha value is 0.690. The summed E-state index contributed by atoms with van der Waals surface area (Å²) >= 11 is 2.44. The third kappa shape index (κ3) is 3.74. The monoisotopic (exact) mass is 267 g/mol. The number of rotatable bonds is 3. The first-order chi connectivity index (χ1) is 5.33. The molecular weight excluding hydrogens is 249 g/mol. The molecule has 1 aliphatic carbocycles. The molecule has 2 heteroatoms. The van der Waals surface area contributed by atoms with E-state index in [9.17, 15) is 0 Å². The Balaban J connectivity index is 2.13. The van der Waals surface area contributed by atoms with Crippen molar-refractivity contribution in [3.8, 4) is 0 Å². The molecule has 0 atom stereocenters. The molecule has 0 aromatic heterocycles. The highest BCUT2D eigenvalue weighted by molar-refractivity contribution is 14.1. The van der Waals surface area contributed by atoms with E-state index < -0.39 is 0 Å². The minimum atomic E-state index is 1.00. The Kier molecular flexibility index (Phi) is 4.76. The third-order valence-corrected chi connectivity index (χ3v) is 3.60. The van der Waals surface area contributed by atoms with Crippen LogP contribution in [0.2, 0.25) is 0 Å². The van der Waals surface area contributed by atoms with Crippen LogP contribution in [0, 0.1) is 5.92 Å². The first-order valence-electron chi connectivity index (χ1n) is 4.73. The van der Waals surface area contributed by atoms with Gasteiger partial charge in [-0.1, -0.05) is 26.2 Å². The molecule has 0 aromatic carbocycles. The first kappa shape index (κ1) is 9.78. The molecule has 1 aliphatic rings. The summed E-state index contributed by atoms with van der Waals surface area (Å²) in [4.78, 5) is 0. The van der Waals surface area contributed by atoms with Crippen LogP contribution in [-0.2, 0) is 0 Å². The van der Waals surface area contributed by atoms with Gasteiger partial charge in [-0.05, 0) is 18.8 Å². The molecule has 0 amide bonds. The van der Waals surface area contributed by atoms with Crippen LogP contribution in [0.1, 0.15) is 39.0 Å². The minimum Gasteiger partial charge on any atom is -0.248 e. The van der Waals surface area contributed by atoms with E-state index in [4.69, 9.17) is 0 Å². The van der Waals surface area contributed by atoms with E-state index in [0.717, 1.165) is 5.92 Å². The molecule has 0 unspecified atom stereocenters. The molecule has 0 spiro atoms. The van der Waals surface area contributed by atoms with Crippen LogP contribution in [0.15, 0.2) is 0 Å². The molecule has 1 fully saturated rings. The largest absolute Gasteiger partial charge is 0.248 e. The summed E-state index contributed by atoms with van der Waals surface area (Å²) in [7, 11) is 0. The highest BCUT2D eigenvalue weighted by Gasteiger charge is 2.14. The number of nitrogens with zero attached hydrogens (tertiary/aromatic N) is 1. The van der Waals surface area contributed by atoms with Crippen LogP contribution in [0.5, 0.6) is 0 Å². The van der Waals surface area contributed by atoms with Crippen molar-refractivity contribution < 1.29 is 0 Å². The van der Waals surface area contributed by atoms with Gasteiger partial charge in [0.05, 0.1) is 0 Å². The standard InChI is InChI=1S/C9H18IN/c1-2-11(10)8-9-6-4-3-5-7-9/h9H,2-8H2,1H3. The van der Waals surface area contributed by atoms with E-state index in [1.54, 1.807) is 0 Å². The average molecular weight is 267 g/mol. The Labute approximate surface area is 84.0 Å². The van der Waals surface area contributed by atoms with Gasteiger partial charge < -0.3 is 0 Å². The maximum Gasteiger partial charge on any atom is 0.0201 e. The molecule has 1 saturated carbocycles. The van der Waals surface area contributed by atoms with Crippen molar-refractivity contribution in [3.05, 3.63) is 0 Å². The highest BCUT2D eigenvalue weighted by atomic mass is 127. The summed E-state index contributed by atoms with van der Waals surface area (Å²) in [5, 5.41) is 0. The number of hydrogen-bond donors (Lipinski definition) is 0. The van der Waals surface area contributed by atoms with Crippen molar-refractivity contribution in [2.75, 3.05) is 13.1 Å². The van der Waals surface area contributed by atoms with Crippen molar-refractivity contribution in [1.29, 1.82) is 0 Å². The summed E-state index contributed by atoms with van der Waals surface area (Å²) in [5.41, 5.74) is 0. The van der Waals surface area contributed by atoms with E-state index >= 15 is 0 Å². The second-order valence-electron chi connectivity index (χ2n) is 3.47. The zero-order valence-corrected chi connectivity index (χ0v) is 9.51. The zero-order chi connectivity index (χ0) is 8.10. The molecule has 66 valence electrons. The van der Waals surface area contributed by atoms with Gasteiger partial charge in [-0.25, -0.2) is 3.11 Å². The van der Waals surface area contributed by atoms with Crippen LogP contribution in [0.3, 0.4) is 0 Å². The molecule has 0 radical (unpaired) electrons. The van der Waals surface area contributed by atoms with Crippen molar-refractivity contribution >= 4 is 22.9 Å². The van der Waals surface area contributed by atoms with Gasteiger partial charge in [-0.3, -0.25) is 0 Å². The van der Waals surface area contributed by atoms with Gasteiger partial charge in [0.25, 0.3) is 0 Å². The Morgan fingerprint density at radius 1 is 1.27 bits per heavy atom. The topological polar surface area (TPSA) is 3.24 Å². The van der Waals surface area contributed by atoms with Gasteiger partial charge in [0.1, 0.15) is 0 Å². The molecule has 11 heavy (non-hydrogen) atoms. The van der Waals surface area contributed by atoms with E-state index in [-0.39, 0.29) is 0 Å². The van der Waals surface area contributed by atoms with E-state index in [0.29, 0.717) is 0 Å². The van der Waals surface area contributed by atoms with Crippen LogP contribution in [0.25, 0.3) is 0 Å². The minimum absolute atomic E-state index is 1.00. The lowest BCUT2D eigenvalue weighted by Gasteiger charge is -2.24. The maximum atomic E-state index is 2.44. The smallest absolute Gasteiger partial charge is 0.0201 e. The second kappa shape index (κ2) is 5.36. The lowest BCUT2D eigenvalue weighted by molar-refractivity contribution is 0.309. The Morgan fingerprint density at radius 2 is 1.91 bits per heavy atom. The van der Waals surface area contributed by atoms with E-state index in [2.05, 4.69) is 32.9 Å². The fourth-order valence-corrected chi connectivity index (χ4v) is 2.34. The van der Waals surface area contributed by atoms with Crippen molar-refractivity contribution in [3.63, 3.8) is 0 Å². The van der Waals surface area contributed by atoms with Crippen molar-refractivity contribution in [1.82, 2.24) is 3.11 Å². The van der Waals surface area contributed by atoms with Crippen LogP contribution < -0.4 is 0 Å². The molecule has 1 nitrogen and oxygen atoms in total. The molecule has 0 aliphatic heterocycles. The van der Waals surface area contributed by atoms with E-state index in [1.807, 2.05) is 0 Å². The second-order valence-corrected chi connectivity index (χ2v) is 4.83. The summed E-state index contributed by atoms with van der Waals surface area (Å²) in [6, 6.07) is 0. The van der Waals surface area contributed by atoms with Crippen LogP contribution in [0.4, 0.5) is 0 Å². The van der Waals surface area contributed by atoms with Crippen LogP contribution in [-0.4, -0.2) is 16.2 Å². The maximum absolute atomic E-state index is 2.44. The van der Waals surface area contributed by atoms with Gasteiger partial charge >= 0.3 is 0 Å². The first-order valence-corrected chi connectivity index (χ1v) is 5.70. The molecular formula is C9H18IN. The lowest BCUT2D eigenvalue weighted by atomic mass is 9.89. The highest BCUT2D eigenvalue weighted by Crippen LogP contribution is 2.24. The quantitative estimate of drug-likeness (QED) is 0.560. The summed E-state index contributed by atoms with van der Waals surface area (Å²) < 4.78 is 2.41. The van der Waals surface area contributed by atoms with Gasteiger partial charge in [-0.2, -0.15) is 0 Å². The molecule has 0 N–H and O–H groups in total. The van der Waals surface area contributed by atoms with Gasteiger partial charge in [0.2, 0.25) is 0 Å². The molecule has 0 bridgehead atoms. The van der Waals surface area contributed by atoms with Gasteiger partial charge in [0, 0.05) is 36.0 Å². The molecule has 0 heterocycles. The average Bonchev–Trinajstić information content (AvgIpc) is 2.06. The van der Waals surface area contributed by atoms with Crippen molar-refractivity contribution in [2.24, 2.45) is 5.92 Å². The number of hydrogen-bond acceptors (Lipinski definition) is 1. The predicted octanol–water partition coefficient (Wildman–Crippen LogP) is 3.24. The normalized spacial score (nSPS) is 21.0. The van der Waals surface area contributed by atoms with Gasteiger partial charge in [-0.15, -0.1) is 0 Å². The van der Waals surface area contributed by atoms with Crippen LogP contribution >= 0.6 is 22.9 Å². The molecule has 0 saturated heterocycles. The summed E-state index contributed by atoms with van der Waals surface area (Å²) in [6.07, 6.45) is 7.36. The SMILES string of the molecule is CCN(I)CC1CCCCC1. The third-order valence-electron chi connectivity index (χ3n) is 2.52. The summed E-state index contributed by atoms with van der Waals surface area (Å²) in [5.74, 6) is 1.00. The molecule has 1 rings (SSSR count). The Bertz CT molecular complexity index is 99.7.